The van der Waals surface area contributed by atoms with Gasteiger partial charge in [-0.1, -0.05) is 15.9 Å². The number of hydrogen-bond acceptors (Lipinski definition) is 3. The van der Waals surface area contributed by atoms with E-state index in [9.17, 15) is 8.42 Å². The predicted octanol–water partition coefficient (Wildman–Crippen LogP) is -0.343. The summed E-state index contributed by atoms with van der Waals surface area (Å²) in [6.07, 6.45) is 0. The molecule has 4 nitrogen and oxygen atoms in total. The number of nitrogens with one attached hydrogen (secondary N) is 1. The lowest BCUT2D eigenvalue weighted by Gasteiger charge is -2.25. The van der Waals surface area contributed by atoms with Crippen LogP contribution in [0, 0.1) is 0 Å². The van der Waals surface area contributed by atoms with Gasteiger partial charge >= 0.3 is 0 Å². The zero-order chi connectivity index (χ0) is 7.61. The molecular weight excluding hydrogens is 222 g/mol. The second-order valence-corrected chi connectivity index (χ2v) is 5.13. The summed E-state index contributed by atoms with van der Waals surface area (Å²) in [4.78, 5) is 0. The maximum atomic E-state index is 10.8. The highest BCUT2D eigenvalue weighted by atomic mass is 79.9. The molecule has 0 aliphatic carbocycles. The molecule has 0 radical (unpaired) electrons. The van der Waals surface area contributed by atoms with E-state index in [0.717, 1.165) is 0 Å². The van der Waals surface area contributed by atoms with Gasteiger partial charge in [-0.25, -0.2) is 13.1 Å². The Labute approximate surface area is 68.1 Å². The van der Waals surface area contributed by atoms with E-state index in [1.807, 2.05) is 0 Å². The molecule has 0 aromatic carbocycles. The van der Waals surface area contributed by atoms with Gasteiger partial charge in [-0.15, -0.1) is 0 Å². The van der Waals surface area contributed by atoms with Gasteiger partial charge in [0.25, 0.3) is 0 Å². The topological polar surface area (TPSA) is 55.4 Å². The standard InChI is InChI=1S/C4H8BrNO3S/c5-3-10(7,8)6-4-1-9-2-4/h4,6H,1-3H2. The molecule has 0 unspecified atom stereocenters. The van der Waals surface area contributed by atoms with Crippen molar-refractivity contribution in [2.75, 3.05) is 17.9 Å². The van der Waals surface area contributed by atoms with E-state index in [4.69, 9.17) is 4.74 Å². The van der Waals surface area contributed by atoms with E-state index in [2.05, 4.69) is 20.7 Å². The van der Waals surface area contributed by atoms with Crippen molar-refractivity contribution in [2.24, 2.45) is 0 Å². The Balaban J connectivity index is 2.36. The Morgan fingerprint density at radius 3 is 2.50 bits per heavy atom. The summed E-state index contributed by atoms with van der Waals surface area (Å²) in [7, 11) is -3.09. The first-order chi connectivity index (χ1) is 4.64. The monoisotopic (exact) mass is 229 g/mol. The maximum absolute atomic E-state index is 10.8. The molecule has 0 spiro atoms. The summed E-state index contributed by atoms with van der Waals surface area (Å²) in [5.74, 6) is 0. The Hall–Kier alpha value is 0.350. The molecule has 1 saturated heterocycles. The van der Waals surface area contributed by atoms with Crippen molar-refractivity contribution in [1.82, 2.24) is 4.72 Å². The minimum absolute atomic E-state index is 0.0115. The number of rotatable bonds is 3. The molecule has 1 aliphatic heterocycles. The van der Waals surface area contributed by atoms with Gasteiger partial charge in [0.05, 0.1) is 19.3 Å². The molecule has 1 rings (SSSR count). The second-order valence-electron chi connectivity index (χ2n) is 2.08. The first-order valence-corrected chi connectivity index (χ1v) is 5.55. The molecule has 6 heteroatoms. The van der Waals surface area contributed by atoms with Crippen LogP contribution in [0.15, 0.2) is 0 Å². The predicted molar refractivity (Wildman–Crippen MR) is 40.5 cm³/mol. The molecule has 1 aliphatic rings. The third-order valence-corrected chi connectivity index (χ3v) is 3.92. The third kappa shape index (κ3) is 2.19. The van der Waals surface area contributed by atoms with E-state index in [1.54, 1.807) is 0 Å². The molecule has 0 atom stereocenters. The van der Waals surface area contributed by atoms with Crippen LogP contribution in [0.5, 0.6) is 0 Å². The Bertz CT molecular complexity index is 199. The zero-order valence-electron chi connectivity index (χ0n) is 5.21. The van der Waals surface area contributed by atoms with Crippen molar-refractivity contribution in [3.8, 4) is 0 Å². The third-order valence-electron chi connectivity index (χ3n) is 1.13. The van der Waals surface area contributed by atoms with Crippen molar-refractivity contribution >= 4 is 26.0 Å². The van der Waals surface area contributed by atoms with Gasteiger partial charge in [0.2, 0.25) is 10.0 Å². The van der Waals surface area contributed by atoms with Gasteiger partial charge in [0.15, 0.2) is 0 Å². The van der Waals surface area contributed by atoms with Gasteiger partial charge in [-0.3, -0.25) is 0 Å². The SMILES string of the molecule is O=S(=O)(CBr)NC1COC1. The lowest BCUT2D eigenvalue weighted by molar-refractivity contribution is 0.00488. The quantitative estimate of drug-likeness (QED) is 0.674. The number of sulfonamides is 1. The highest BCUT2D eigenvalue weighted by Gasteiger charge is 2.22. The summed E-state index contributed by atoms with van der Waals surface area (Å²) in [6.45, 7) is 0.985. The van der Waals surface area contributed by atoms with Crippen LogP contribution in [-0.2, 0) is 14.8 Å². The number of ether oxygens (including phenoxy) is 1. The number of hydrogen-bond donors (Lipinski definition) is 1. The van der Waals surface area contributed by atoms with Gasteiger partial charge in [0, 0.05) is 0 Å². The minimum atomic E-state index is -3.09. The molecule has 0 amide bonds. The molecule has 60 valence electrons. The van der Waals surface area contributed by atoms with E-state index < -0.39 is 10.0 Å². The van der Waals surface area contributed by atoms with Gasteiger partial charge in [-0.05, 0) is 0 Å². The molecule has 1 N–H and O–H groups in total. The first kappa shape index (κ1) is 8.45. The molecule has 1 heterocycles. The van der Waals surface area contributed by atoms with Crippen LogP contribution in [-0.4, -0.2) is 32.3 Å². The largest absolute Gasteiger partial charge is 0.378 e. The highest BCUT2D eigenvalue weighted by molar-refractivity contribution is 9.10. The Kier molecular flexibility index (Phi) is 2.67. The zero-order valence-corrected chi connectivity index (χ0v) is 7.61. The van der Waals surface area contributed by atoms with E-state index in [0.29, 0.717) is 13.2 Å². The van der Waals surface area contributed by atoms with Crippen molar-refractivity contribution < 1.29 is 13.2 Å². The molecule has 0 aromatic rings. The highest BCUT2D eigenvalue weighted by Crippen LogP contribution is 2.02. The van der Waals surface area contributed by atoms with Gasteiger partial charge < -0.3 is 4.74 Å². The fourth-order valence-electron chi connectivity index (χ4n) is 0.589. The summed E-state index contributed by atoms with van der Waals surface area (Å²) in [5, 5.41) is 0. The Morgan fingerprint density at radius 2 is 2.20 bits per heavy atom. The fourth-order valence-corrected chi connectivity index (χ4v) is 1.69. The summed E-state index contributed by atoms with van der Waals surface area (Å²) in [5.41, 5.74) is 0. The minimum Gasteiger partial charge on any atom is -0.378 e. The second kappa shape index (κ2) is 3.17. The molecule has 0 aromatic heterocycles. The molecule has 1 fully saturated rings. The summed E-state index contributed by atoms with van der Waals surface area (Å²) >= 11 is 2.86. The van der Waals surface area contributed by atoms with Crippen molar-refractivity contribution in [2.45, 2.75) is 6.04 Å². The summed E-state index contributed by atoms with van der Waals surface area (Å²) in [6, 6.07) is -0.0115. The smallest absolute Gasteiger partial charge is 0.222 e. The van der Waals surface area contributed by atoms with Crippen LogP contribution in [0.1, 0.15) is 0 Å². The number of alkyl halides is 1. The van der Waals surface area contributed by atoms with Crippen LogP contribution in [0.25, 0.3) is 0 Å². The number of halogens is 1. The van der Waals surface area contributed by atoms with Crippen molar-refractivity contribution in [1.29, 1.82) is 0 Å². The van der Waals surface area contributed by atoms with Gasteiger partial charge in [0.1, 0.15) is 4.66 Å². The van der Waals surface area contributed by atoms with Crippen LogP contribution in [0.3, 0.4) is 0 Å². The van der Waals surface area contributed by atoms with Crippen molar-refractivity contribution in [3.63, 3.8) is 0 Å². The van der Waals surface area contributed by atoms with Crippen LogP contribution in [0.2, 0.25) is 0 Å². The van der Waals surface area contributed by atoms with Crippen molar-refractivity contribution in [3.05, 3.63) is 0 Å². The van der Waals surface area contributed by atoms with Gasteiger partial charge in [-0.2, -0.15) is 0 Å². The van der Waals surface area contributed by atoms with E-state index in [1.165, 1.54) is 0 Å². The van der Waals surface area contributed by atoms with Crippen LogP contribution < -0.4 is 4.72 Å². The molecule has 0 bridgehead atoms. The molecular formula is C4H8BrNO3S. The maximum Gasteiger partial charge on any atom is 0.222 e. The van der Waals surface area contributed by atoms with Crippen LogP contribution in [0.4, 0.5) is 0 Å². The lowest BCUT2D eigenvalue weighted by Crippen LogP contribution is -2.48. The fraction of sp³-hybridized carbons (Fsp3) is 1.00. The average Bonchev–Trinajstić information content (AvgIpc) is 1.80. The molecule has 0 saturated carbocycles. The van der Waals surface area contributed by atoms with Crippen LogP contribution >= 0.6 is 15.9 Å². The average molecular weight is 230 g/mol. The first-order valence-electron chi connectivity index (χ1n) is 2.78. The van der Waals surface area contributed by atoms with E-state index in [-0.39, 0.29) is 10.7 Å². The normalized spacial score (nSPS) is 20.5. The summed E-state index contributed by atoms with van der Waals surface area (Å²) < 4.78 is 28.8. The molecule has 10 heavy (non-hydrogen) atoms. The Morgan fingerprint density at radius 1 is 1.60 bits per heavy atom. The van der Waals surface area contributed by atoms with E-state index >= 15 is 0 Å². The lowest BCUT2D eigenvalue weighted by atomic mass is 10.3.